The summed E-state index contributed by atoms with van der Waals surface area (Å²) in [5.41, 5.74) is 1.69. The summed E-state index contributed by atoms with van der Waals surface area (Å²) in [5.74, 6) is 1.25. The quantitative estimate of drug-likeness (QED) is 0.385. The molecule has 1 aromatic carbocycles. The Labute approximate surface area is 184 Å². The van der Waals surface area contributed by atoms with Crippen LogP contribution in [0.15, 0.2) is 41.1 Å². The van der Waals surface area contributed by atoms with E-state index in [0.717, 1.165) is 22.8 Å². The Bertz CT molecular complexity index is 1250. The van der Waals surface area contributed by atoms with Crippen LogP contribution < -0.4 is 10.6 Å². The van der Waals surface area contributed by atoms with Gasteiger partial charge in [-0.15, -0.1) is 0 Å². The summed E-state index contributed by atoms with van der Waals surface area (Å²) in [6, 6.07) is 9.59. The van der Waals surface area contributed by atoms with Gasteiger partial charge in [0.2, 0.25) is 11.7 Å². The van der Waals surface area contributed by atoms with Crippen LogP contribution in [0, 0.1) is 6.92 Å². The van der Waals surface area contributed by atoms with E-state index in [1.54, 1.807) is 24.0 Å². The van der Waals surface area contributed by atoms with Gasteiger partial charge >= 0.3 is 0 Å². The molecule has 1 amide bonds. The number of amides is 1. The third-order valence-corrected chi connectivity index (χ3v) is 4.98. The number of aliphatic hydroxyl groups is 1. The minimum atomic E-state index is -1.30. The fourth-order valence-corrected chi connectivity index (χ4v) is 3.33. The van der Waals surface area contributed by atoms with Crippen molar-refractivity contribution in [3.05, 3.63) is 48.0 Å². The highest BCUT2D eigenvalue weighted by Crippen LogP contribution is 2.22. The first-order valence-electron chi connectivity index (χ1n) is 10.4. The normalized spacial score (nSPS) is 12.1. The lowest BCUT2D eigenvalue weighted by Gasteiger charge is -2.13. The minimum Gasteiger partial charge on any atom is -0.381 e. The minimum absolute atomic E-state index is 0.00318. The monoisotopic (exact) mass is 435 g/mol. The highest BCUT2D eigenvalue weighted by atomic mass is 16.5. The van der Waals surface area contributed by atoms with Gasteiger partial charge in [-0.1, -0.05) is 29.8 Å². The number of rotatable bonds is 8. The second kappa shape index (κ2) is 9.15. The zero-order valence-electron chi connectivity index (χ0n) is 18.2. The first-order valence-corrected chi connectivity index (χ1v) is 10.4. The first-order chi connectivity index (χ1) is 15.4. The lowest BCUT2D eigenvalue weighted by molar-refractivity contribution is -0.123. The average Bonchev–Trinajstić information content (AvgIpc) is 3.38. The molecule has 0 aliphatic rings. The molecule has 0 aliphatic carbocycles. The largest absolute Gasteiger partial charge is 0.381 e. The predicted octanol–water partition coefficient (Wildman–Crippen LogP) is 2.69. The summed E-state index contributed by atoms with van der Waals surface area (Å²) in [6.07, 6.45) is 1.97. The molecule has 0 aliphatic heterocycles. The van der Waals surface area contributed by atoms with Crippen LogP contribution >= 0.6 is 0 Å². The number of aliphatic hydroxyl groups excluding tert-OH is 1. The Kier molecular flexibility index (Phi) is 6.13. The van der Waals surface area contributed by atoms with Crippen molar-refractivity contribution in [1.29, 1.82) is 0 Å². The molecule has 0 saturated carbocycles. The van der Waals surface area contributed by atoms with E-state index in [2.05, 4.69) is 30.9 Å². The maximum Gasteiger partial charge on any atom is 0.256 e. The first kappa shape index (κ1) is 21.4. The second-order valence-electron chi connectivity index (χ2n) is 7.57. The van der Waals surface area contributed by atoms with E-state index in [-0.39, 0.29) is 12.4 Å². The van der Waals surface area contributed by atoms with Gasteiger partial charge in [0, 0.05) is 31.1 Å². The SMILES string of the molecule is CCCc1nc(-c2cc(NC(=O)[C@@H](O)CNc3nccc4ccc(C)cc34)nn2C)no1. The number of nitrogens with one attached hydrogen (secondary N) is 2. The van der Waals surface area contributed by atoms with Crippen LogP contribution in [-0.4, -0.2) is 48.6 Å². The zero-order chi connectivity index (χ0) is 22.7. The summed E-state index contributed by atoms with van der Waals surface area (Å²) < 4.78 is 6.76. The fraction of sp³-hybridized carbons (Fsp3) is 0.318. The van der Waals surface area contributed by atoms with E-state index >= 15 is 0 Å². The molecule has 0 spiro atoms. The van der Waals surface area contributed by atoms with Gasteiger partial charge in [0.05, 0.1) is 6.54 Å². The highest BCUT2D eigenvalue weighted by molar-refractivity contribution is 5.95. The van der Waals surface area contributed by atoms with E-state index in [9.17, 15) is 9.90 Å². The van der Waals surface area contributed by atoms with Gasteiger partial charge in [0.15, 0.2) is 5.82 Å². The summed E-state index contributed by atoms with van der Waals surface area (Å²) in [5, 5.41) is 26.2. The zero-order valence-corrected chi connectivity index (χ0v) is 18.2. The third kappa shape index (κ3) is 4.59. The number of hydrogen-bond donors (Lipinski definition) is 3. The van der Waals surface area contributed by atoms with Crippen molar-refractivity contribution in [2.75, 3.05) is 17.2 Å². The number of aryl methyl sites for hydroxylation is 3. The molecule has 32 heavy (non-hydrogen) atoms. The Morgan fingerprint density at radius 2 is 2.12 bits per heavy atom. The van der Waals surface area contributed by atoms with Crippen molar-refractivity contribution in [3.63, 3.8) is 0 Å². The number of benzene rings is 1. The third-order valence-electron chi connectivity index (χ3n) is 4.98. The number of pyridine rings is 1. The molecular weight excluding hydrogens is 410 g/mol. The lowest BCUT2D eigenvalue weighted by Crippen LogP contribution is -2.34. The molecule has 4 aromatic rings. The Balaban J connectivity index is 1.40. The van der Waals surface area contributed by atoms with Crippen LogP contribution in [0.4, 0.5) is 11.6 Å². The molecule has 3 aromatic heterocycles. The number of carbonyl (C=O) groups excluding carboxylic acids is 1. The molecule has 10 heteroatoms. The summed E-state index contributed by atoms with van der Waals surface area (Å²) in [7, 11) is 1.72. The highest BCUT2D eigenvalue weighted by Gasteiger charge is 2.19. The Hall–Kier alpha value is -3.79. The standard InChI is InChI=1S/C22H25N7O3/c1-4-5-19-26-21(28-32-19)16-11-18(27-29(16)3)25-22(31)17(30)12-24-20-15-10-13(2)6-7-14(15)8-9-23-20/h6-11,17,30H,4-5,12H2,1-3H3,(H,23,24)(H,25,27,31)/t17-/m0/s1. The summed E-state index contributed by atoms with van der Waals surface area (Å²) >= 11 is 0. The molecule has 0 saturated heterocycles. The molecule has 10 nitrogen and oxygen atoms in total. The van der Waals surface area contributed by atoms with Gasteiger partial charge in [-0.2, -0.15) is 10.1 Å². The molecule has 0 fully saturated rings. The summed E-state index contributed by atoms with van der Waals surface area (Å²) in [6.45, 7) is 4.02. The fourth-order valence-electron chi connectivity index (χ4n) is 3.33. The van der Waals surface area contributed by atoms with Crippen LogP contribution in [0.1, 0.15) is 24.8 Å². The van der Waals surface area contributed by atoms with Crippen LogP contribution in [-0.2, 0) is 18.3 Å². The maximum atomic E-state index is 12.5. The van der Waals surface area contributed by atoms with E-state index < -0.39 is 12.0 Å². The van der Waals surface area contributed by atoms with Gasteiger partial charge in [-0.05, 0) is 30.9 Å². The number of aromatic nitrogens is 5. The van der Waals surface area contributed by atoms with Crippen LogP contribution in [0.5, 0.6) is 0 Å². The van der Waals surface area contributed by atoms with E-state index in [4.69, 9.17) is 4.52 Å². The van der Waals surface area contributed by atoms with Crippen molar-refractivity contribution in [2.24, 2.45) is 7.05 Å². The Morgan fingerprint density at radius 3 is 2.94 bits per heavy atom. The average molecular weight is 435 g/mol. The second-order valence-corrected chi connectivity index (χ2v) is 7.57. The van der Waals surface area contributed by atoms with Crippen molar-refractivity contribution >= 4 is 28.3 Å². The van der Waals surface area contributed by atoms with Gasteiger partial charge in [0.25, 0.3) is 5.91 Å². The van der Waals surface area contributed by atoms with E-state index in [1.165, 1.54) is 0 Å². The molecule has 0 bridgehead atoms. The molecule has 0 radical (unpaired) electrons. The van der Waals surface area contributed by atoms with Crippen molar-refractivity contribution in [1.82, 2.24) is 24.9 Å². The lowest BCUT2D eigenvalue weighted by atomic mass is 10.1. The topological polar surface area (TPSA) is 131 Å². The van der Waals surface area contributed by atoms with Crippen LogP contribution in [0.25, 0.3) is 22.3 Å². The number of anilines is 2. The van der Waals surface area contributed by atoms with Crippen LogP contribution in [0.3, 0.4) is 0 Å². The van der Waals surface area contributed by atoms with E-state index in [0.29, 0.717) is 29.6 Å². The van der Waals surface area contributed by atoms with Gasteiger partial charge in [0.1, 0.15) is 17.6 Å². The molecule has 1 atom stereocenters. The molecule has 0 unspecified atom stereocenters. The predicted molar refractivity (Wildman–Crippen MR) is 120 cm³/mol. The van der Waals surface area contributed by atoms with Gasteiger partial charge in [-0.3, -0.25) is 9.48 Å². The summed E-state index contributed by atoms with van der Waals surface area (Å²) in [4.78, 5) is 21.1. The van der Waals surface area contributed by atoms with Gasteiger partial charge in [-0.25, -0.2) is 4.98 Å². The molecule has 166 valence electrons. The Morgan fingerprint density at radius 1 is 1.28 bits per heavy atom. The number of nitrogens with zero attached hydrogens (tertiary/aromatic N) is 5. The smallest absolute Gasteiger partial charge is 0.256 e. The van der Waals surface area contributed by atoms with Crippen molar-refractivity contribution in [2.45, 2.75) is 32.8 Å². The van der Waals surface area contributed by atoms with Crippen molar-refractivity contribution < 1.29 is 14.4 Å². The number of fused-ring (bicyclic) bond motifs is 1. The van der Waals surface area contributed by atoms with Gasteiger partial charge < -0.3 is 20.3 Å². The molecule has 3 N–H and O–H groups in total. The number of carbonyl (C=O) groups is 1. The van der Waals surface area contributed by atoms with Crippen LogP contribution in [0.2, 0.25) is 0 Å². The molecule has 3 heterocycles. The molecule has 4 rings (SSSR count). The maximum absolute atomic E-state index is 12.5. The van der Waals surface area contributed by atoms with Crippen molar-refractivity contribution in [3.8, 4) is 11.5 Å². The van der Waals surface area contributed by atoms with E-state index in [1.807, 2.05) is 38.1 Å². The number of hydrogen-bond acceptors (Lipinski definition) is 8. The molecular formula is C22H25N7O3.